The minimum Gasteiger partial charge on any atom is -0.346 e. The summed E-state index contributed by atoms with van der Waals surface area (Å²) in [6, 6.07) is 1.92. The Hall–Kier alpha value is -1.31. The van der Waals surface area contributed by atoms with Crippen LogP contribution in [0.2, 0.25) is 0 Å². The lowest BCUT2D eigenvalue weighted by molar-refractivity contribution is 0.0887. The Balaban J connectivity index is 2.09. The molecule has 0 spiro atoms. The lowest BCUT2D eigenvalue weighted by Gasteiger charge is -2.34. The van der Waals surface area contributed by atoms with Crippen molar-refractivity contribution in [2.75, 3.05) is 6.54 Å². The number of rotatable bonds is 2. The molecule has 1 amide bonds. The topological polar surface area (TPSA) is 55.1 Å². The molecule has 0 aliphatic heterocycles. The van der Waals surface area contributed by atoms with Crippen LogP contribution in [0.25, 0.3) is 0 Å². The summed E-state index contributed by atoms with van der Waals surface area (Å²) in [5.41, 5.74) is 6.39. The Morgan fingerprint density at radius 3 is 2.80 bits per heavy atom. The Morgan fingerprint density at radius 1 is 1.45 bits per heavy atom. The van der Waals surface area contributed by atoms with E-state index in [1.807, 2.05) is 13.0 Å². The van der Waals surface area contributed by atoms with E-state index in [0.717, 1.165) is 28.2 Å². The SMILES string of the molecule is Cc1cc(C(=O)NC2(C)CCCCC2)sc1C#CCN. The van der Waals surface area contributed by atoms with Gasteiger partial charge in [0.2, 0.25) is 0 Å². The lowest BCUT2D eigenvalue weighted by atomic mass is 9.83. The third-order valence-corrected chi connectivity index (χ3v) is 4.97. The summed E-state index contributed by atoms with van der Waals surface area (Å²) >= 11 is 1.45. The van der Waals surface area contributed by atoms with Crippen molar-refractivity contribution in [2.45, 2.75) is 51.5 Å². The number of hydrogen-bond acceptors (Lipinski definition) is 3. The maximum atomic E-state index is 12.4. The van der Waals surface area contributed by atoms with Crippen LogP contribution >= 0.6 is 11.3 Å². The molecule has 1 fully saturated rings. The van der Waals surface area contributed by atoms with Gasteiger partial charge < -0.3 is 11.1 Å². The van der Waals surface area contributed by atoms with Gasteiger partial charge in [0.1, 0.15) is 0 Å². The normalized spacial score (nSPS) is 17.1. The van der Waals surface area contributed by atoms with Gasteiger partial charge in [-0.25, -0.2) is 0 Å². The van der Waals surface area contributed by atoms with Gasteiger partial charge >= 0.3 is 0 Å². The van der Waals surface area contributed by atoms with Crippen LogP contribution in [0.3, 0.4) is 0 Å². The van der Waals surface area contributed by atoms with Gasteiger partial charge in [-0.3, -0.25) is 4.79 Å². The van der Waals surface area contributed by atoms with Crippen molar-refractivity contribution in [3.63, 3.8) is 0 Å². The van der Waals surface area contributed by atoms with Gasteiger partial charge in [-0.1, -0.05) is 31.1 Å². The summed E-state index contributed by atoms with van der Waals surface area (Å²) in [5.74, 6) is 5.90. The molecule has 3 N–H and O–H groups in total. The second kappa shape index (κ2) is 6.43. The molecule has 0 radical (unpaired) electrons. The van der Waals surface area contributed by atoms with Crippen LogP contribution in [0.1, 0.15) is 59.1 Å². The molecule has 0 bridgehead atoms. The molecule has 108 valence electrons. The zero-order valence-corrected chi connectivity index (χ0v) is 13.0. The third kappa shape index (κ3) is 3.62. The first-order chi connectivity index (χ1) is 9.54. The molecule has 1 aliphatic carbocycles. The molecule has 1 aliphatic rings. The van der Waals surface area contributed by atoms with Gasteiger partial charge in [0.25, 0.3) is 5.91 Å². The number of amides is 1. The lowest BCUT2D eigenvalue weighted by Crippen LogP contribution is -2.47. The Bertz CT molecular complexity index is 545. The molecule has 1 aromatic rings. The summed E-state index contributed by atoms with van der Waals surface area (Å²) < 4.78 is 0. The number of nitrogens with one attached hydrogen (secondary N) is 1. The van der Waals surface area contributed by atoms with Crippen LogP contribution in [-0.4, -0.2) is 18.0 Å². The van der Waals surface area contributed by atoms with Crippen molar-refractivity contribution in [3.8, 4) is 11.8 Å². The smallest absolute Gasteiger partial charge is 0.261 e. The molecular formula is C16H22N2OS. The third-order valence-electron chi connectivity index (χ3n) is 3.82. The van der Waals surface area contributed by atoms with Gasteiger partial charge in [-0.2, -0.15) is 0 Å². The predicted molar refractivity (Wildman–Crippen MR) is 83.9 cm³/mol. The highest BCUT2D eigenvalue weighted by Crippen LogP contribution is 2.29. The summed E-state index contributed by atoms with van der Waals surface area (Å²) in [4.78, 5) is 14.1. The largest absolute Gasteiger partial charge is 0.346 e. The summed E-state index contributed by atoms with van der Waals surface area (Å²) in [6.07, 6.45) is 5.83. The standard InChI is InChI=1S/C16H22N2OS/c1-12-11-14(20-13(12)7-6-10-17)15(19)18-16(2)8-4-3-5-9-16/h11H,3-5,8-10,17H2,1-2H3,(H,18,19). The molecule has 3 nitrogen and oxygen atoms in total. The first kappa shape index (κ1) is 15.1. The molecule has 20 heavy (non-hydrogen) atoms. The van der Waals surface area contributed by atoms with Gasteiger partial charge in [0, 0.05) is 5.54 Å². The highest BCUT2D eigenvalue weighted by atomic mass is 32.1. The average molecular weight is 290 g/mol. The molecule has 0 atom stereocenters. The molecule has 0 saturated heterocycles. The minimum atomic E-state index is -0.0453. The van der Waals surface area contributed by atoms with Crippen LogP contribution in [-0.2, 0) is 0 Å². The summed E-state index contributed by atoms with van der Waals surface area (Å²) in [5, 5.41) is 3.21. The molecule has 1 saturated carbocycles. The zero-order valence-electron chi connectivity index (χ0n) is 12.2. The van der Waals surface area contributed by atoms with Crippen LogP contribution in [0.15, 0.2) is 6.07 Å². The Morgan fingerprint density at radius 2 is 2.15 bits per heavy atom. The minimum absolute atomic E-state index is 0.0308. The average Bonchev–Trinajstić information content (AvgIpc) is 2.78. The number of hydrogen-bond donors (Lipinski definition) is 2. The van der Waals surface area contributed by atoms with Gasteiger partial charge in [-0.15, -0.1) is 11.3 Å². The summed E-state index contributed by atoms with van der Waals surface area (Å²) in [6.45, 7) is 4.48. The van der Waals surface area contributed by atoms with Gasteiger partial charge in [-0.05, 0) is 38.3 Å². The van der Waals surface area contributed by atoms with Crippen molar-refractivity contribution < 1.29 is 4.79 Å². The fourth-order valence-electron chi connectivity index (χ4n) is 2.64. The molecule has 0 unspecified atom stereocenters. The highest BCUT2D eigenvalue weighted by molar-refractivity contribution is 7.14. The monoisotopic (exact) mass is 290 g/mol. The predicted octanol–water partition coefficient (Wildman–Crippen LogP) is 2.82. The van der Waals surface area contributed by atoms with E-state index in [0.29, 0.717) is 6.54 Å². The van der Waals surface area contributed by atoms with E-state index >= 15 is 0 Å². The van der Waals surface area contributed by atoms with Crippen LogP contribution in [0.5, 0.6) is 0 Å². The van der Waals surface area contributed by atoms with E-state index in [1.165, 1.54) is 30.6 Å². The number of aryl methyl sites for hydroxylation is 1. The summed E-state index contributed by atoms with van der Waals surface area (Å²) in [7, 11) is 0. The number of nitrogens with two attached hydrogens (primary N) is 1. The van der Waals surface area contributed by atoms with Crippen molar-refractivity contribution in [1.29, 1.82) is 0 Å². The van der Waals surface area contributed by atoms with Crippen LogP contribution in [0, 0.1) is 18.8 Å². The fraction of sp³-hybridized carbons (Fsp3) is 0.562. The van der Waals surface area contributed by atoms with E-state index in [1.54, 1.807) is 0 Å². The fourth-order valence-corrected chi connectivity index (χ4v) is 3.58. The second-order valence-electron chi connectivity index (χ2n) is 5.70. The van der Waals surface area contributed by atoms with E-state index < -0.39 is 0 Å². The Labute approximate surface area is 124 Å². The van der Waals surface area contributed by atoms with E-state index in [9.17, 15) is 4.79 Å². The quantitative estimate of drug-likeness (QED) is 0.823. The Kier molecular flexibility index (Phi) is 4.85. The molecule has 2 rings (SSSR count). The van der Waals surface area contributed by atoms with E-state index in [-0.39, 0.29) is 11.4 Å². The zero-order chi connectivity index (χ0) is 14.6. The highest BCUT2D eigenvalue weighted by Gasteiger charge is 2.29. The van der Waals surface area contributed by atoms with Crippen LogP contribution < -0.4 is 11.1 Å². The molecule has 1 heterocycles. The first-order valence-electron chi connectivity index (χ1n) is 7.16. The van der Waals surface area contributed by atoms with E-state index in [4.69, 9.17) is 5.73 Å². The molecule has 0 aromatic carbocycles. The maximum absolute atomic E-state index is 12.4. The molecule has 1 aromatic heterocycles. The number of thiophene rings is 1. The first-order valence-corrected chi connectivity index (χ1v) is 7.98. The van der Waals surface area contributed by atoms with Crippen LogP contribution in [0.4, 0.5) is 0 Å². The van der Waals surface area contributed by atoms with Gasteiger partial charge in [0.05, 0.1) is 16.3 Å². The number of carbonyl (C=O) groups is 1. The second-order valence-corrected chi connectivity index (χ2v) is 6.76. The van der Waals surface area contributed by atoms with Gasteiger partial charge in [0.15, 0.2) is 0 Å². The molecule has 4 heteroatoms. The van der Waals surface area contributed by atoms with Crippen molar-refractivity contribution >= 4 is 17.2 Å². The number of carbonyl (C=O) groups excluding carboxylic acids is 1. The maximum Gasteiger partial charge on any atom is 0.261 e. The van der Waals surface area contributed by atoms with Crippen molar-refractivity contribution in [2.24, 2.45) is 5.73 Å². The van der Waals surface area contributed by atoms with Crippen molar-refractivity contribution in [1.82, 2.24) is 5.32 Å². The van der Waals surface area contributed by atoms with Crippen molar-refractivity contribution in [3.05, 3.63) is 21.4 Å². The molecular weight excluding hydrogens is 268 g/mol. The van der Waals surface area contributed by atoms with E-state index in [2.05, 4.69) is 24.1 Å².